The molecule has 2 amide bonds. The van der Waals surface area contributed by atoms with Gasteiger partial charge in [0.15, 0.2) is 5.16 Å². The Morgan fingerprint density at radius 3 is 2.35 bits per heavy atom. The summed E-state index contributed by atoms with van der Waals surface area (Å²) >= 11 is 7.20. The molecular formula is C24H19ClFN5O2S. The molecule has 0 saturated carbocycles. The molecule has 4 rings (SSSR count). The number of rotatable bonds is 7. The summed E-state index contributed by atoms with van der Waals surface area (Å²) < 4.78 is 15.6. The Balaban J connectivity index is 1.45. The van der Waals surface area contributed by atoms with Crippen LogP contribution in [0.5, 0.6) is 0 Å². The molecular weight excluding hydrogens is 477 g/mol. The number of hydrogen-bond donors (Lipinski definition) is 2. The largest absolute Gasteiger partial charge is 0.274 e. The number of hydrazine groups is 1. The average molecular weight is 496 g/mol. The van der Waals surface area contributed by atoms with Gasteiger partial charge in [-0.25, -0.2) is 4.39 Å². The predicted octanol–water partition coefficient (Wildman–Crippen LogP) is 4.20. The number of carbonyl (C=O) groups excluding carboxylic acids is 2. The number of thioether (sulfide) groups is 1. The molecule has 2 N–H and O–H groups in total. The van der Waals surface area contributed by atoms with Gasteiger partial charge in [0, 0.05) is 17.1 Å². The van der Waals surface area contributed by atoms with Crippen LogP contribution >= 0.6 is 23.4 Å². The molecule has 1 aromatic heterocycles. The molecule has 0 atom stereocenters. The fourth-order valence-electron chi connectivity index (χ4n) is 3.14. The summed E-state index contributed by atoms with van der Waals surface area (Å²) in [5.41, 5.74) is 6.21. The van der Waals surface area contributed by atoms with E-state index in [9.17, 15) is 14.0 Å². The topological polar surface area (TPSA) is 88.9 Å². The van der Waals surface area contributed by atoms with Crippen molar-refractivity contribution < 1.29 is 14.0 Å². The molecule has 0 unspecified atom stereocenters. The highest BCUT2D eigenvalue weighted by molar-refractivity contribution is 7.99. The van der Waals surface area contributed by atoms with Crippen LogP contribution in [0.2, 0.25) is 5.02 Å². The lowest BCUT2D eigenvalue weighted by Gasteiger charge is -2.11. The maximum absolute atomic E-state index is 13.7. The highest BCUT2D eigenvalue weighted by Gasteiger charge is 2.17. The summed E-state index contributed by atoms with van der Waals surface area (Å²) in [6, 6.07) is 22.6. The molecule has 4 aromatic rings. The minimum atomic E-state index is -0.745. The van der Waals surface area contributed by atoms with Crippen molar-refractivity contribution in [1.29, 1.82) is 0 Å². The maximum Gasteiger partial charge on any atom is 0.272 e. The molecule has 0 spiro atoms. The number of nitrogens with one attached hydrogen (secondary N) is 2. The zero-order valence-electron chi connectivity index (χ0n) is 17.7. The Bertz CT molecular complexity index is 1300. The van der Waals surface area contributed by atoms with Gasteiger partial charge in [-0.3, -0.25) is 25.0 Å². The van der Waals surface area contributed by atoms with Crippen LogP contribution in [0.15, 0.2) is 84.0 Å². The molecule has 0 radical (unpaired) electrons. The lowest BCUT2D eigenvalue weighted by molar-refractivity contribution is -0.119. The van der Waals surface area contributed by atoms with Crippen molar-refractivity contribution >= 4 is 35.2 Å². The van der Waals surface area contributed by atoms with E-state index in [1.807, 2.05) is 47.0 Å². The number of hydrogen-bond acceptors (Lipinski definition) is 5. The maximum atomic E-state index is 13.7. The Morgan fingerprint density at radius 2 is 1.62 bits per heavy atom. The molecule has 0 aliphatic rings. The van der Waals surface area contributed by atoms with Crippen molar-refractivity contribution in [3.05, 3.63) is 107 Å². The zero-order valence-corrected chi connectivity index (χ0v) is 19.3. The van der Waals surface area contributed by atoms with Crippen molar-refractivity contribution in [2.75, 3.05) is 5.75 Å². The third-order valence-corrected chi connectivity index (χ3v) is 5.94. The Hall–Kier alpha value is -3.69. The van der Waals surface area contributed by atoms with Crippen LogP contribution in [-0.2, 0) is 11.2 Å². The molecule has 3 aromatic carbocycles. The standard InChI is InChI=1S/C24H19ClFN5O2S/c25-17-10-12-18(13-11-17)31-21(14-16-6-2-1-3-7-16)27-30-24(31)34-15-22(32)28-29-23(33)19-8-4-5-9-20(19)26/h1-13H,14-15H2,(H,28,32)(H,29,33). The van der Waals surface area contributed by atoms with Crippen molar-refractivity contribution in [2.24, 2.45) is 0 Å². The van der Waals surface area contributed by atoms with E-state index in [1.165, 1.54) is 24.3 Å². The highest BCUT2D eigenvalue weighted by atomic mass is 35.5. The van der Waals surface area contributed by atoms with Gasteiger partial charge in [-0.2, -0.15) is 0 Å². The first kappa shape index (κ1) is 23.5. The van der Waals surface area contributed by atoms with Crippen LogP contribution in [0.3, 0.4) is 0 Å². The zero-order chi connectivity index (χ0) is 23.9. The van der Waals surface area contributed by atoms with E-state index in [0.29, 0.717) is 22.4 Å². The number of nitrogens with zero attached hydrogens (tertiary/aromatic N) is 3. The molecule has 172 valence electrons. The second-order valence-electron chi connectivity index (χ2n) is 7.14. The molecule has 34 heavy (non-hydrogen) atoms. The lowest BCUT2D eigenvalue weighted by atomic mass is 10.1. The van der Waals surface area contributed by atoms with E-state index in [1.54, 1.807) is 12.1 Å². The normalized spacial score (nSPS) is 10.6. The number of halogens is 2. The monoisotopic (exact) mass is 495 g/mol. The van der Waals surface area contributed by atoms with E-state index in [2.05, 4.69) is 21.0 Å². The van der Waals surface area contributed by atoms with Gasteiger partial charge in [0.2, 0.25) is 5.91 Å². The van der Waals surface area contributed by atoms with Crippen molar-refractivity contribution in [2.45, 2.75) is 11.6 Å². The molecule has 7 nitrogen and oxygen atoms in total. The van der Waals surface area contributed by atoms with Gasteiger partial charge in [0.25, 0.3) is 5.91 Å². The highest BCUT2D eigenvalue weighted by Crippen LogP contribution is 2.24. The van der Waals surface area contributed by atoms with E-state index < -0.39 is 17.6 Å². The van der Waals surface area contributed by atoms with E-state index in [4.69, 9.17) is 11.6 Å². The summed E-state index contributed by atoms with van der Waals surface area (Å²) in [7, 11) is 0. The summed E-state index contributed by atoms with van der Waals surface area (Å²) in [6.07, 6.45) is 0.544. The fourth-order valence-corrected chi connectivity index (χ4v) is 4.04. The van der Waals surface area contributed by atoms with E-state index in [0.717, 1.165) is 23.0 Å². The van der Waals surface area contributed by atoms with Crippen molar-refractivity contribution in [3.8, 4) is 5.69 Å². The summed E-state index contributed by atoms with van der Waals surface area (Å²) in [5.74, 6) is -1.25. The number of amides is 2. The third-order valence-electron chi connectivity index (χ3n) is 4.76. The summed E-state index contributed by atoms with van der Waals surface area (Å²) in [4.78, 5) is 24.4. The van der Waals surface area contributed by atoms with Gasteiger partial charge in [0.05, 0.1) is 11.3 Å². The molecule has 0 aliphatic heterocycles. The van der Waals surface area contributed by atoms with Gasteiger partial charge < -0.3 is 0 Å². The van der Waals surface area contributed by atoms with Crippen LogP contribution in [0.1, 0.15) is 21.7 Å². The van der Waals surface area contributed by atoms with Gasteiger partial charge in [-0.1, -0.05) is 65.8 Å². The summed E-state index contributed by atoms with van der Waals surface area (Å²) in [6.45, 7) is 0. The van der Waals surface area contributed by atoms with Crippen molar-refractivity contribution in [1.82, 2.24) is 25.6 Å². The molecule has 1 heterocycles. The predicted molar refractivity (Wildman–Crippen MR) is 128 cm³/mol. The first-order valence-corrected chi connectivity index (χ1v) is 11.6. The van der Waals surface area contributed by atoms with Crippen LogP contribution < -0.4 is 10.9 Å². The summed E-state index contributed by atoms with van der Waals surface area (Å²) in [5, 5.41) is 9.69. The first-order valence-electron chi connectivity index (χ1n) is 10.2. The lowest BCUT2D eigenvalue weighted by Crippen LogP contribution is -2.42. The minimum absolute atomic E-state index is 0.0470. The van der Waals surface area contributed by atoms with Crippen molar-refractivity contribution in [3.63, 3.8) is 0 Å². The average Bonchev–Trinajstić information content (AvgIpc) is 3.25. The molecule has 10 heteroatoms. The second kappa shape index (κ2) is 11.0. The number of carbonyl (C=O) groups is 2. The quantitative estimate of drug-likeness (QED) is 0.296. The van der Waals surface area contributed by atoms with Gasteiger partial charge in [-0.15, -0.1) is 10.2 Å². The van der Waals surface area contributed by atoms with Gasteiger partial charge in [0.1, 0.15) is 11.6 Å². The number of benzene rings is 3. The minimum Gasteiger partial charge on any atom is -0.274 e. The van der Waals surface area contributed by atoms with E-state index in [-0.39, 0.29) is 11.3 Å². The Labute approximate surface area is 204 Å². The van der Waals surface area contributed by atoms with Gasteiger partial charge in [-0.05, 0) is 42.0 Å². The van der Waals surface area contributed by atoms with Gasteiger partial charge >= 0.3 is 0 Å². The molecule has 0 aliphatic carbocycles. The molecule has 0 fully saturated rings. The van der Waals surface area contributed by atoms with Crippen LogP contribution in [-0.4, -0.2) is 32.3 Å². The van der Waals surface area contributed by atoms with Crippen LogP contribution in [0.4, 0.5) is 4.39 Å². The Morgan fingerprint density at radius 1 is 0.912 bits per heavy atom. The third kappa shape index (κ3) is 5.81. The van der Waals surface area contributed by atoms with E-state index >= 15 is 0 Å². The number of aromatic nitrogens is 3. The fraction of sp³-hybridized carbons (Fsp3) is 0.0833. The second-order valence-corrected chi connectivity index (χ2v) is 8.52. The Kier molecular flexibility index (Phi) is 7.56. The molecule has 0 bridgehead atoms. The molecule has 0 saturated heterocycles. The van der Waals surface area contributed by atoms with Crippen LogP contribution in [0.25, 0.3) is 5.69 Å². The van der Waals surface area contributed by atoms with Crippen LogP contribution in [0, 0.1) is 5.82 Å². The SMILES string of the molecule is O=C(CSc1nnc(Cc2ccccc2)n1-c1ccc(Cl)cc1)NNC(=O)c1ccccc1F. The first-order chi connectivity index (χ1) is 16.5. The smallest absolute Gasteiger partial charge is 0.272 e.